The summed E-state index contributed by atoms with van der Waals surface area (Å²) in [5, 5.41) is 10.5. The number of carbonyl (C=O) groups excluding carboxylic acids is 1. The highest BCUT2D eigenvalue weighted by atomic mass is 35.5. The van der Waals surface area contributed by atoms with Gasteiger partial charge in [0, 0.05) is 17.9 Å². The number of aromatic nitrogens is 1. The maximum Gasteiger partial charge on any atom is 0.258 e. The molecule has 1 aliphatic heterocycles. The van der Waals surface area contributed by atoms with Gasteiger partial charge in [0.05, 0.1) is 17.7 Å². The highest BCUT2D eigenvalue weighted by molar-refractivity contribution is 6.30. The Balaban J connectivity index is 1.56. The molecule has 1 fully saturated rings. The van der Waals surface area contributed by atoms with Crippen LogP contribution in [-0.2, 0) is 6.42 Å². The van der Waals surface area contributed by atoms with Crippen molar-refractivity contribution in [2.45, 2.75) is 25.3 Å². The van der Waals surface area contributed by atoms with Gasteiger partial charge in [-0.2, -0.15) is 0 Å². The van der Waals surface area contributed by atoms with Crippen molar-refractivity contribution in [3.05, 3.63) is 83.0 Å². The monoisotopic (exact) mass is 464 g/mol. The van der Waals surface area contributed by atoms with Crippen LogP contribution in [0.1, 0.15) is 28.8 Å². The lowest BCUT2D eigenvalue weighted by molar-refractivity contribution is 0.102. The summed E-state index contributed by atoms with van der Waals surface area (Å²) in [6.07, 6.45) is 4.54. The van der Waals surface area contributed by atoms with Gasteiger partial charge in [-0.05, 0) is 80.2 Å². The molecule has 1 amide bonds. The number of rotatable bonds is 8. The minimum Gasteiger partial charge on any atom is -0.497 e. The van der Waals surface area contributed by atoms with Crippen molar-refractivity contribution < 1.29 is 9.53 Å². The largest absolute Gasteiger partial charge is 0.497 e. The average molecular weight is 465 g/mol. The van der Waals surface area contributed by atoms with Crippen LogP contribution in [-0.4, -0.2) is 37.1 Å². The molecule has 1 unspecified atom stereocenters. The molecular weight excluding hydrogens is 436 g/mol. The number of methoxy groups -OCH3 is 1. The number of piperidine rings is 1. The summed E-state index contributed by atoms with van der Waals surface area (Å²) in [4.78, 5) is 17.2. The van der Waals surface area contributed by atoms with Crippen molar-refractivity contribution in [2.75, 3.05) is 30.8 Å². The van der Waals surface area contributed by atoms with E-state index in [4.69, 9.17) is 16.3 Å². The highest BCUT2D eigenvalue weighted by Gasteiger charge is 2.25. The zero-order chi connectivity index (χ0) is 23.0. The van der Waals surface area contributed by atoms with E-state index < -0.39 is 0 Å². The van der Waals surface area contributed by atoms with Crippen molar-refractivity contribution >= 4 is 29.0 Å². The van der Waals surface area contributed by atoms with Crippen molar-refractivity contribution in [3.8, 4) is 5.75 Å². The molecule has 6 nitrogen and oxygen atoms in total. The summed E-state index contributed by atoms with van der Waals surface area (Å²) in [5.74, 6) is 1.60. The fourth-order valence-corrected chi connectivity index (χ4v) is 4.39. The molecule has 1 aliphatic rings. The zero-order valence-corrected chi connectivity index (χ0v) is 19.4. The van der Waals surface area contributed by atoms with Gasteiger partial charge >= 0.3 is 0 Å². The van der Waals surface area contributed by atoms with Gasteiger partial charge in [0.2, 0.25) is 0 Å². The van der Waals surface area contributed by atoms with Gasteiger partial charge in [-0.25, -0.2) is 4.98 Å². The molecule has 33 heavy (non-hydrogen) atoms. The molecule has 2 aromatic carbocycles. The van der Waals surface area contributed by atoms with Crippen LogP contribution in [0, 0.1) is 5.92 Å². The lowest BCUT2D eigenvalue weighted by atomic mass is 9.86. The summed E-state index contributed by atoms with van der Waals surface area (Å²) >= 11 is 5.91. The summed E-state index contributed by atoms with van der Waals surface area (Å²) in [7, 11) is 1.69. The van der Waals surface area contributed by atoms with Gasteiger partial charge in [-0.3, -0.25) is 4.79 Å². The van der Waals surface area contributed by atoms with E-state index in [2.05, 4.69) is 33.1 Å². The molecule has 3 N–H and O–H groups in total. The minimum absolute atomic E-state index is 0.182. The van der Waals surface area contributed by atoms with Crippen molar-refractivity contribution in [3.63, 3.8) is 0 Å². The third-order valence-electron chi connectivity index (χ3n) is 6.02. The van der Waals surface area contributed by atoms with Crippen LogP contribution in [0.3, 0.4) is 0 Å². The van der Waals surface area contributed by atoms with Gasteiger partial charge in [0.1, 0.15) is 11.6 Å². The predicted octanol–water partition coefficient (Wildman–Crippen LogP) is 5.02. The molecular formula is C26H29ClN4O2. The van der Waals surface area contributed by atoms with E-state index in [9.17, 15) is 4.79 Å². The first kappa shape index (κ1) is 23.1. The van der Waals surface area contributed by atoms with Crippen LogP contribution in [0.4, 0.5) is 11.5 Å². The highest BCUT2D eigenvalue weighted by Crippen LogP contribution is 2.27. The summed E-state index contributed by atoms with van der Waals surface area (Å²) in [6, 6.07) is 19.4. The topological polar surface area (TPSA) is 75.3 Å². The molecule has 0 saturated carbocycles. The van der Waals surface area contributed by atoms with Crippen LogP contribution in [0.2, 0.25) is 5.02 Å². The Kier molecular flexibility index (Phi) is 7.81. The van der Waals surface area contributed by atoms with E-state index in [1.807, 2.05) is 36.4 Å². The van der Waals surface area contributed by atoms with Gasteiger partial charge in [0.15, 0.2) is 0 Å². The molecule has 0 spiro atoms. The molecule has 0 radical (unpaired) electrons. The van der Waals surface area contributed by atoms with E-state index in [1.165, 1.54) is 11.8 Å². The second-order valence-electron chi connectivity index (χ2n) is 8.26. The lowest BCUT2D eigenvalue weighted by Crippen LogP contribution is -2.39. The second-order valence-corrected chi connectivity index (χ2v) is 8.69. The van der Waals surface area contributed by atoms with Crippen LogP contribution >= 0.6 is 11.6 Å². The van der Waals surface area contributed by atoms with Crippen molar-refractivity contribution in [1.29, 1.82) is 0 Å². The van der Waals surface area contributed by atoms with Crippen molar-refractivity contribution in [2.24, 2.45) is 5.92 Å². The number of nitrogens with one attached hydrogen (secondary N) is 3. The Morgan fingerprint density at radius 3 is 2.73 bits per heavy atom. The Hall–Kier alpha value is -3.09. The van der Waals surface area contributed by atoms with Crippen LogP contribution < -0.4 is 20.7 Å². The molecule has 2 heterocycles. The van der Waals surface area contributed by atoms with E-state index in [0.29, 0.717) is 22.3 Å². The first-order valence-electron chi connectivity index (χ1n) is 11.2. The number of carbonyl (C=O) groups is 1. The normalized spacial score (nSPS) is 15.0. The number of hydrogen-bond donors (Lipinski definition) is 3. The van der Waals surface area contributed by atoms with Crippen molar-refractivity contribution in [1.82, 2.24) is 10.3 Å². The number of benzene rings is 2. The molecule has 172 valence electrons. The number of para-hydroxylation sites is 1. The second kappa shape index (κ2) is 11.2. The van der Waals surface area contributed by atoms with Crippen LogP contribution in [0.5, 0.6) is 5.75 Å². The number of amides is 1. The van der Waals surface area contributed by atoms with E-state index >= 15 is 0 Å². The third-order valence-corrected chi connectivity index (χ3v) is 6.25. The molecule has 1 aromatic heterocycles. The number of hydrogen-bond acceptors (Lipinski definition) is 5. The lowest BCUT2D eigenvalue weighted by Gasteiger charge is -2.33. The third kappa shape index (κ3) is 6.24. The van der Waals surface area contributed by atoms with Crippen LogP contribution in [0.15, 0.2) is 66.9 Å². The minimum atomic E-state index is -0.210. The fourth-order valence-electron chi connectivity index (χ4n) is 4.28. The molecule has 3 aromatic rings. The average Bonchev–Trinajstić information content (AvgIpc) is 2.86. The van der Waals surface area contributed by atoms with E-state index in [0.717, 1.165) is 43.8 Å². The maximum absolute atomic E-state index is 13.1. The number of nitrogens with zero attached hydrogens (tertiary/aromatic N) is 1. The zero-order valence-electron chi connectivity index (χ0n) is 18.7. The Bertz CT molecular complexity index is 1070. The number of anilines is 2. The summed E-state index contributed by atoms with van der Waals surface area (Å²) < 4.78 is 5.42. The van der Waals surface area contributed by atoms with Crippen LogP contribution in [0.25, 0.3) is 0 Å². The molecule has 4 rings (SSSR count). The van der Waals surface area contributed by atoms with Gasteiger partial charge < -0.3 is 20.7 Å². The fraction of sp³-hybridized carbons (Fsp3) is 0.308. The molecule has 1 saturated heterocycles. The molecule has 0 bridgehead atoms. The Morgan fingerprint density at radius 1 is 1.15 bits per heavy atom. The standard InChI is InChI=1S/C26H29ClN4O2/c1-33-21-6-4-5-18(15-21)16-24(19-11-13-28-14-12-19)30-23-8-3-2-7-22(23)26(32)31-25-10-9-20(27)17-29-25/h2-10,15,17,19,24,28,30H,11-14,16H2,1H3,(H,29,31,32). The molecule has 1 atom stereocenters. The number of ether oxygens (including phenoxy) is 1. The Morgan fingerprint density at radius 2 is 1.97 bits per heavy atom. The smallest absolute Gasteiger partial charge is 0.258 e. The number of halogens is 1. The molecule has 0 aliphatic carbocycles. The SMILES string of the molecule is COc1cccc(CC(Nc2ccccc2C(=O)Nc2ccc(Cl)cn2)C2CCNCC2)c1. The van der Waals surface area contributed by atoms with Gasteiger partial charge in [-0.1, -0.05) is 35.9 Å². The molecule has 7 heteroatoms. The van der Waals surface area contributed by atoms with Gasteiger partial charge in [-0.15, -0.1) is 0 Å². The van der Waals surface area contributed by atoms with Gasteiger partial charge in [0.25, 0.3) is 5.91 Å². The Labute approximate surface area is 199 Å². The predicted molar refractivity (Wildman–Crippen MR) is 133 cm³/mol. The number of pyridine rings is 1. The maximum atomic E-state index is 13.1. The van der Waals surface area contributed by atoms with E-state index in [1.54, 1.807) is 19.2 Å². The quantitative estimate of drug-likeness (QED) is 0.436. The summed E-state index contributed by atoms with van der Waals surface area (Å²) in [6.45, 7) is 2.01. The first-order chi connectivity index (χ1) is 16.1. The first-order valence-corrected chi connectivity index (χ1v) is 11.6. The summed E-state index contributed by atoms with van der Waals surface area (Å²) in [5.41, 5.74) is 2.60. The van der Waals surface area contributed by atoms with E-state index in [-0.39, 0.29) is 11.9 Å².